The van der Waals surface area contributed by atoms with Crippen LogP contribution in [0.2, 0.25) is 0 Å². The standard InChI is InChI=1S/C66H43N3O/c1-3-16-44(17-4-1)45-30-35-49(36-31-45)67(50-37-32-46(33-38-50)53-24-15-25-58-57-23-10-14-29-65(57)70-66(53)58)51-39-40-52(64(43-51)69-61-27-12-7-20-54(61)55-21-8-13-28-62(55)69)47-34-41-63-59(42-47)56-22-9-11-26-60(56)68(63)48-18-5-2-6-19-48/h1-43H. The van der Waals surface area contributed by atoms with E-state index in [0.717, 1.165) is 83.7 Å². The first-order valence-corrected chi connectivity index (χ1v) is 23.9. The third-order valence-electron chi connectivity index (χ3n) is 14.1. The predicted molar refractivity (Wildman–Crippen MR) is 293 cm³/mol. The smallest absolute Gasteiger partial charge is 0.143 e. The summed E-state index contributed by atoms with van der Waals surface area (Å²) in [5.41, 5.74) is 18.7. The molecule has 0 aliphatic carbocycles. The molecular weight excluding hydrogens is 851 g/mol. The van der Waals surface area contributed by atoms with Crippen molar-refractivity contribution in [1.82, 2.24) is 9.13 Å². The minimum absolute atomic E-state index is 0.896. The number of rotatable bonds is 8. The maximum Gasteiger partial charge on any atom is 0.143 e. The van der Waals surface area contributed by atoms with Crippen molar-refractivity contribution in [3.05, 3.63) is 261 Å². The number of nitrogens with zero attached hydrogens (tertiary/aromatic N) is 3. The van der Waals surface area contributed by atoms with Gasteiger partial charge in [0, 0.05) is 66.2 Å². The lowest BCUT2D eigenvalue weighted by Crippen LogP contribution is -2.11. The van der Waals surface area contributed by atoms with Crippen LogP contribution >= 0.6 is 0 Å². The van der Waals surface area contributed by atoms with Gasteiger partial charge in [-0.2, -0.15) is 0 Å². The van der Waals surface area contributed by atoms with Gasteiger partial charge in [0.1, 0.15) is 11.2 Å². The fraction of sp³-hybridized carbons (Fsp3) is 0. The average Bonchev–Trinajstić information content (AvgIpc) is 4.10. The molecule has 4 heteroatoms. The summed E-state index contributed by atoms with van der Waals surface area (Å²) in [5, 5.41) is 7.13. The number of furan rings is 1. The highest BCUT2D eigenvalue weighted by Crippen LogP contribution is 2.44. The molecule has 0 radical (unpaired) electrons. The molecule has 14 aromatic rings. The fourth-order valence-electron chi connectivity index (χ4n) is 10.9. The molecule has 0 aliphatic rings. The van der Waals surface area contributed by atoms with Gasteiger partial charge in [-0.25, -0.2) is 0 Å². The van der Waals surface area contributed by atoms with Crippen molar-refractivity contribution >= 4 is 82.6 Å². The predicted octanol–water partition coefficient (Wildman–Crippen LogP) is 18.3. The second kappa shape index (κ2) is 16.2. The van der Waals surface area contributed by atoms with Gasteiger partial charge in [0.05, 0.1) is 27.8 Å². The molecule has 11 aromatic carbocycles. The Morgan fingerprint density at radius 2 is 0.786 bits per heavy atom. The fourth-order valence-corrected chi connectivity index (χ4v) is 10.9. The van der Waals surface area contributed by atoms with Gasteiger partial charge in [-0.15, -0.1) is 0 Å². The van der Waals surface area contributed by atoms with Crippen molar-refractivity contribution < 1.29 is 4.42 Å². The maximum absolute atomic E-state index is 6.51. The molecule has 4 nitrogen and oxygen atoms in total. The van der Waals surface area contributed by atoms with E-state index in [9.17, 15) is 0 Å². The van der Waals surface area contributed by atoms with Crippen LogP contribution in [0.3, 0.4) is 0 Å². The summed E-state index contributed by atoms with van der Waals surface area (Å²) >= 11 is 0. The van der Waals surface area contributed by atoms with Crippen LogP contribution in [0.5, 0.6) is 0 Å². The van der Waals surface area contributed by atoms with Crippen LogP contribution in [-0.4, -0.2) is 9.13 Å². The largest absolute Gasteiger partial charge is 0.455 e. The molecule has 0 aliphatic heterocycles. The van der Waals surface area contributed by atoms with Crippen LogP contribution in [0.4, 0.5) is 17.1 Å². The van der Waals surface area contributed by atoms with E-state index in [1.807, 2.05) is 12.1 Å². The summed E-state index contributed by atoms with van der Waals surface area (Å²) < 4.78 is 11.4. The van der Waals surface area contributed by atoms with E-state index in [0.29, 0.717) is 0 Å². The maximum atomic E-state index is 6.51. The van der Waals surface area contributed by atoms with Gasteiger partial charge < -0.3 is 18.5 Å². The van der Waals surface area contributed by atoms with Crippen LogP contribution in [0.15, 0.2) is 265 Å². The highest BCUT2D eigenvalue weighted by molar-refractivity contribution is 6.13. The molecule has 0 N–H and O–H groups in total. The summed E-state index contributed by atoms with van der Waals surface area (Å²) in [4.78, 5) is 2.39. The number of anilines is 3. The molecule has 70 heavy (non-hydrogen) atoms. The number of hydrogen-bond acceptors (Lipinski definition) is 2. The molecule has 0 saturated heterocycles. The van der Waals surface area contributed by atoms with Crippen molar-refractivity contribution in [1.29, 1.82) is 0 Å². The monoisotopic (exact) mass is 893 g/mol. The van der Waals surface area contributed by atoms with E-state index in [2.05, 4.69) is 263 Å². The van der Waals surface area contributed by atoms with Gasteiger partial charge in [-0.05, 0) is 107 Å². The second-order valence-electron chi connectivity index (χ2n) is 18.1. The SMILES string of the molecule is c1ccc(-c2ccc(N(c3ccc(-c4cccc5c4oc4ccccc45)cc3)c3ccc(-c4ccc5c(c4)c4ccccc4n5-c4ccccc4)c(-n4c5ccccc5c5ccccc54)c3)cc2)cc1. The Kier molecular flexibility index (Phi) is 9.17. The third kappa shape index (κ3) is 6.38. The highest BCUT2D eigenvalue weighted by Gasteiger charge is 2.22. The van der Waals surface area contributed by atoms with E-state index in [4.69, 9.17) is 4.42 Å². The van der Waals surface area contributed by atoms with Crippen LogP contribution in [-0.2, 0) is 0 Å². The average molecular weight is 894 g/mol. The molecular formula is C66H43N3O. The zero-order chi connectivity index (χ0) is 46.1. The van der Waals surface area contributed by atoms with Crippen LogP contribution < -0.4 is 4.90 Å². The lowest BCUT2D eigenvalue weighted by molar-refractivity contribution is 0.670. The summed E-state index contributed by atoms with van der Waals surface area (Å²) in [6.45, 7) is 0. The van der Waals surface area contributed by atoms with E-state index in [1.165, 1.54) is 43.7 Å². The Morgan fingerprint density at radius 3 is 1.47 bits per heavy atom. The molecule has 0 fully saturated rings. The molecule has 0 atom stereocenters. The molecule has 0 saturated carbocycles. The summed E-state index contributed by atoms with van der Waals surface area (Å²) in [6, 6.07) is 94.3. The van der Waals surface area contributed by atoms with Crippen molar-refractivity contribution in [3.8, 4) is 44.8 Å². The van der Waals surface area contributed by atoms with Gasteiger partial charge >= 0.3 is 0 Å². The van der Waals surface area contributed by atoms with E-state index >= 15 is 0 Å². The molecule has 0 amide bonds. The van der Waals surface area contributed by atoms with E-state index < -0.39 is 0 Å². The van der Waals surface area contributed by atoms with Crippen LogP contribution in [0, 0.1) is 0 Å². The van der Waals surface area contributed by atoms with Crippen molar-refractivity contribution in [2.45, 2.75) is 0 Å². The highest BCUT2D eigenvalue weighted by atomic mass is 16.3. The lowest BCUT2D eigenvalue weighted by Gasteiger charge is -2.27. The van der Waals surface area contributed by atoms with Crippen molar-refractivity contribution in [2.24, 2.45) is 0 Å². The zero-order valence-electron chi connectivity index (χ0n) is 38.1. The Balaban J connectivity index is 0.983. The number of fused-ring (bicyclic) bond motifs is 9. The zero-order valence-corrected chi connectivity index (χ0v) is 38.1. The normalized spacial score (nSPS) is 11.7. The first kappa shape index (κ1) is 39.8. The van der Waals surface area contributed by atoms with Crippen LogP contribution in [0.1, 0.15) is 0 Å². The van der Waals surface area contributed by atoms with E-state index in [-0.39, 0.29) is 0 Å². The molecule has 328 valence electrons. The quantitative estimate of drug-likeness (QED) is 0.152. The number of benzene rings is 11. The second-order valence-corrected chi connectivity index (χ2v) is 18.1. The molecule has 0 bridgehead atoms. The Morgan fingerprint density at radius 1 is 0.286 bits per heavy atom. The number of para-hydroxylation sites is 6. The van der Waals surface area contributed by atoms with Gasteiger partial charge in [0.25, 0.3) is 0 Å². The molecule has 3 aromatic heterocycles. The Hall–Kier alpha value is -9.38. The third-order valence-corrected chi connectivity index (χ3v) is 14.1. The summed E-state index contributed by atoms with van der Waals surface area (Å²) in [7, 11) is 0. The number of hydrogen-bond donors (Lipinski definition) is 0. The Bertz CT molecular complexity index is 4220. The Labute approximate surface area is 404 Å². The van der Waals surface area contributed by atoms with Gasteiger partial charge in [-0.3, -0.25) is 0 Å². The van der Waals surface area contributed by atoms with Gasteiger partial charge in [0.2, 0.25) is 0 Å². The molecule has 0 spiro atoms. The summed E-state index contributed by atoms with van der Waals surface area (Å²) in [5.74, 6) is 0. The molecule has 14 rings (SSSR count). The van der Waals surface area contributed by atoms with Crippen molar-refractivity contribution in [3.63, 3.8) is 0 Å². The van der Waals surface area contributed by atoms with E-state index in [1.54, 1.807) is 0 Å². The molecule has 3 heterocycles. The van der Waals surface area contributed by atoms with Gasteiger partial charge in [0.15, 0.2) is 0 Å². The minimum Gasteiger partial charge on any atom is -0.455 e. The topological polar surface area (TPSA) is 26.2 Å². The first-order chi connectivity index (χ1) is 34.7. The number of aromatic nitrogens is 2. The first-order valence-electron chi connectivity index (χ1n) is 23.9. The van der Waals surface area contributed by atoms with Crippen LogP contribution in [0.25, 0.3) is 110 Å². The van der Waals surface area contributed by atoms with Crippen molar-refractivity contribution in [2.75, 3.05) is 4.90 Å². The summed E-state index contributed by atoms with van der Waals surface area (Å²) in [6.07, 6.45) is 0. The molecule has 0 unspecified atom stereocenters. The van der Waals surface area contributed by atoms with Gasteiger partial charge in [-0.1, -0.05) is 176 Å². The lowest BCUT2D eigenvalue weighted by atomic mass is 9.99. The minimum atomic E-state index is 0.896.